The fourth-order valence-corrected chi connectivity index (χ4v) is 13.1. The monoisotopic (exact) mass is 1220 g/mol. The number of nitrogens with zero attached hydrogens (tertiary/aromatic N) is 4. The van der Waals surface area contributed by atoms with Crippen molar-refractivity contribution in [3.05, 3.63) is 388 Å². The van der Waals surface area contributed by atoms with E-state index in [2.05, 4.69) is 374 Å². The summed E-state index contributed by atoms with van der Waals surface area (Å²) in [4.78, 5) is 15.6. The standard InChI is InChI=1S/C92H64N4/c1-5-19-65(20-6-1)69-37-41-71(42-38-69)73-45-53-83(54-46-73)95(87-33-17-31-81(63-87)79-29-15-27-77(61-79)67-23-9-3-10-24-67)85-57-49-75(50-58-85)91-92(94-90-36-14-13-35-89(90)93-91)76-51-59-86(60-52-76)96(84-55-47-74(48-56-84)72-43-39-70(40-44-72)66-21-7-2-8-22-66)88-34-18-32-82(64-88)80-30-16-28-78(62-80)68-25-11-4-12-26-68/h1-64H. The van der Waals surface area contributed by atoms with E-state index in [-0.39, 0.29) is 0 Å². The van der Waals surface area contributed by atoms with Crippen LogP contribution >= 0.6 is 0 Å². The first-order chi connectivity index (χ1) is 47.5. The molecule has 0 saturated heterocycles. The maximum absolute atomic E-state index is 5.43. The minimum atomic E-state index is 0.803. The largest absolute Gasteiger partial charge is 0.310 e. The Labute approximate surface area is 561 Å². The lowest BCUT2D eigenvalue weighted by Gasteiger charge is -2.27. The van der Waals surface area contributed by atoms with Crippen LogP contribution in [0.3, 0.4) is 0 Å². The third-order valence-corrected chi connectivity index (χ3v) is 18.1. The van der Waals surface area contributed by atoms with E-state index in [9.17, 15) is 0 Å². The van der Waals surface area contributed by atoms with E-state index in [0.29, 0.717) is 0 Å². The third-order valence-electron chi connectivity index (χ3n) is 18.1. The van der Waals surface area contributed by atoms with E-state index in [0.717, 1.165) is 112 Å². The van der Waals surface area contributed by atoms with Crippen molar-refractivity contribution < 1.29 is 0 Å². The van der Waals surface area contributed by atoms with Crippen LogP contribution in [0.4, 0.5) is 34.1 Å². The molecule has 16 aromatic rings. The fraction of sp³-hybridized carbons (Fsp3) is 0. The Hall–Kier alpha value is -12.8. The number of fused-ring (bicyclic) bond motifs is 1. The molecule has 0 unspecified atom stereocenters. The minimum absolute atomic E-state index is 0.803. The van der Waals surface area contributed by atoms with Crippen LogP contribution < -0.4 is 9.80 Å². The first-order valence-electron chi connectivity index (χ1n) is 32.7. The highest BCUT2D eigenvalue weighted by Crippen LogP contribution is 2.43. The number of aromatic nitrogens is 2. The van der Waals surface area contributed by atoms with Gasteiger partial charge in [0, 0.05) is 45.3 Å². The van der Waals surface area contributed by atoms with E-state index >= 15 is 0 Å². The van der Waals surface area contributed by atoms with Gasteiger partial charge in [-0.05, 0) is 186 Å². The first kappa shape index (κ1) is 58.3. The molecule has 0 saturated carbocycles. The Kier molecular flexibility index (Phi) is 16.1. The smallest absolute Gasteiger partial charge is 0.0973 e. The number of hydrogen-bond donors (Lipinski definition) is 0. The molecule has 0 N–H and O–H groups in total. The normalized spacial score (nSPS) is 11.1. The second-order valence-corrected chi connectivity index (χ2v) is 24.1. The molecule has 0 bridgehead atoms. The summed E-state index contributed by atoms with van der Waals surface area (Å²) < 4.78 is 0. The summed E-state index contributed by atoms with van der Waals surface area (Å²) in [5, 5.41) is 0. The zero-order chi connectivity index (χ0) is 64.0. The van der Waals surface area contributed by atoms with Crippen molar-refractivity contribution in [3.8, 4) is 112 Å². The Balaban J connectivity index is 0.754. The predicted molar refractivity (Wildman–Crippen MR) is 403 cm³/mol. The highest BCUT2D eigenvalue weighted by molar-refractivity contribution is 5.90. The molecular weight excluding hydrogens is 1160 g/mol. The van der Waals surface area contributed by atoms with Crippen LogP contribution in [0.1, 0.15) is 0 Å². The molecule has 4 nitrogen and oxygen atoms in total. The number of hydrogen-bond acceptors (Lipinski definition) is 4. The lowest BCUT2D eigenvalue weighted by atomic mass is 9.98. The van der Waals surface area contributed by atoms with Gasteiger partial charge in [0.2, 0.25) is 0 Å². The number of para-hydroxylation sites is 2. The van der Waals surface area contributed by atoms with Gasteiger partial charge in [-0.3, -0.25) is 0 Å². The van der Waals surface area contributed by atoms with E-state index in [1.807, 2.05) is 24.3 Å². The summed E-state index contributed by atoms with van der Waals surface area (Å²) in [6.45, 7) is 0. The maximum Gasteiger partial charge on any atom is 0.0973 e. The van der Waals surface area contributed by atoms with Crippen molar-refractivity contribution in [2.24, 2.45) is 0 Å². The van der Waals surface area contributed by atoms with Gasteiger partial charge in [-0.2, -0.15) is 0 Å². The molecule has 0 aliphatic rings. The zero-order valence-corrected chi connectivity index (χ0v) is 52.7. The van der Waals surface area contributed by atoms with Crippen molar-refractivity contribution in [3.63, 3.8) is 0 Å². The summed E-state index contributed by atoms with van der Waals surface area (Å²) in [7, 11) is 0. The van der Waals surface area contributed by atoms with Crippen LogP contribution in [0.5, 0.6) is 0 Å². The Morgan fingerprint density at radius 2 is 0.333 bits per heavy atom. The van der Waals surface area contributed by atoms with Crippen molar-refractivity contribution in [2.75, 3.05) is 9.80 Å². The Morgan fingerprint density at radius 1 is 0.135 bits per heavy atom. The lowest BCUT2D eigenvalue weighted by molar-refractivity contribution is 1.26. The van der Waals surface area contributed by atoms with Crippen LogP contribution in [0, 0.1) is 0 Å². The number of rotatable bonds is 16. The molecule has 4 heteroatoms. The minimum Gasteiger partial charge on any atom is -0.310 e. The molecule has 0 amide bonds. The fourth-order valence-electron chi connectivity index (χ4n) is 13.1. The zero-order valence-electron chi connectivity index (χ0n) is 52.7. The molecule has 1 aromatic heterocycles. The molecule has 0 atom stereocenters. The summed E-state index contributed by atoms with van der Waals surface area (Å²) in [6.07, 6.45) is 0. The molecule has 15 aromatic carbocycles. The van der Waals surface area contributed by atoms with Crippen LogP contribution in [0.25, 0.3) is 123 Å². The second kappa shape index (κ2) is 26.5. The van der Waals surface area contributed by atoms with Crippen LogP contribution in [0.15, 0.2) is 388 Å². The second-order valence-electron chi connectivity index (χ2n) is 24.1. The molecule has 0 radical (unpaired) electrons. The van der Waals surface area contributed by atoms with Gasteiger partial charge in [-0.1, -0.05) is 291 Å². The Morgan fingerprint density at radius 3 is 0.625 bits per heavy atom. The summed E-state index contributed by atoms with van der Waals surface area (Å²) in [5.41, 5.74) is 30.1. The molecule has 16 rings (SSSR count). The quantitative estimate of drug-likeness (QED) is 0.0965. The summed E-state index contributed by atoms with van der Waals surface area (Å²) >= 11 is 0. The average Bonchev–Trinajstić information content (AvgIpc) is 0.820. The van der Waals surface area contributed by atoms with E-state index < -0.39 is 0 Å². The molecular formula is C92H64N4. The van der Waals surface area contributed by atoms with Crippen molar-refractivity contribution >= 4 is 45.2 Å². The number of benzene rings is 15. The van der Waals surface area contributed by atoms with E-state index in [4.69, 9.17) is 9.97 Å². The topological polar surface area (TPSA) is 32.3 Å². The molecule has 452 valence electrons. The first-order valence-corrected chi connectivity index (χ1v) is 32.7. The third kappa shape index (κ3) is 12.3. The van der Waals surface area contributed by atoms with Gasteiger partial charge in [0.25, 0.3) is 0 Å². The van der Waals surface area contributed by atoms with Gasteiger partial charge in [0.1, 0.15) is 0 Å². The maximum atomic E-state index is 5.43. The SMILES string of the molecule is c1ccc(-c2ccc(-c3ccc(N(c4ccc(-c5nc6ccccc6nc5-c5ccc(N(c6ccc(-c7ccc(-c8ccccc8)cc7)cc6)c6cccc(-c7cccc(-c8ccccc8)c7)c6)cc5)cc4)c4cccc(-c5cccc(-c6ccccc6)c5)c4)cc3)cc2)cc1. The van der Waals surface area contributed by atoms with Gasteiger partial charge < -0.3 is 9.80 Å². The molecule has 1 heterocycles. The summed E-state index contributed by atoms with van der Waals surface area (Å²) in [6, 6.07) is 139. The van der Waals surface area contributed by atoms with Crippen LogP contribution in [-0.4, -0.2) is 9.97 Å². The molecule has 0 aliphatic carbocycles. The van der Waals surface area contributed by atoms with Crippen LogP contribution in [0.2, 0.25) is 0 Å². The van der Waals surface area contributed by atoms with Gasteiger partial charge in [-0.15, -0.1) is 0 Å². The lowest BCUT2D eigenvalue weighted by Crippen LogP contribution is -2.10. The van der Waals surface area contributed by atoms with Crippen molar-refractivity contribution in [2.45, 2.75) is 0 Å². The van der Waals surface area contributed by atoms with Gasteiger partial charge >= 0.3 is 0 Å². The van der Waals surface area contributed by atoms with Crippen LogP contribution in [-0.2, 0) is 0 Å². The summed E-state index contributed by atoms with van der Waals surface area (Å²) in [5.74, 6) is 0. The highest BCUT2D eigenvalue weighted by Gasteiger charge is 2.20. The average molecular weight is 1230 g/mol. The predicted octanol–water partition coefficient (Wildman–Crippen LogP) is 25.2. The molecule has 0 aliphatic heterocycles. The van der Waals surface area contributed by atoms with Crippen molar-refractivity contribution in [1.29, 1.82) is 0 Å². The van der Waals surface area contributed by atoms with Gasteiger partial charge in [0.05, 0.1) is 22.4 Å². The van der Waals surface area contributed by atoms with Gasteiger partial charge in [0.15, 0.2) is 0 Å². The van der Waals surface area contributed by atoms with Crippen molar-refractivity contribution in [1.82, 2.24) is 9.97 Å². The highest BCUT2D eigenvalue weighted by atomic mass is 15.1. The Bertz CT molecular complexity index is 4990. The van der Waals surface area contributed by atoms with E-state index in [1.54, 1.807) is 0 Å². The van der Waals surface area contributed by atoms with E-state index in [1.165, 1.54) is 44.5 Å². The molecule has 0 fully saturated rings. The molecule has 96 heavy (non-hydrogen) atoms. The molecule has 0 spiro atoms. The van der Waals surface area contributed by atoms with Gasteiger partial charge in [-0.25, -0.2) is 9.97 Å². The number of anilines is 6.